The maximum Gasteiger partial charge on any atom is 0.374 e. The Bertz CT molecular complexity index is 715. The number of rotatable bonds is 7. The number of hydrogen-bond acceptors (Lipinski definition) is 8. The van der Waals surface area contributed by atoms with Crippen LogP contribution in [0.5, 0.6) is 0 Å². The summed E-state index contributed by atoms with van der Waals surface area (Å²) in [6.07, 6.45) is 0. The number of carbonyl (C=O) groups is 4. The normalized spacial score (nSPS) is 10.2. The molecule has 0 atom stereocenters. The van der Waals surface area contributed by atoms with Crippen LogP contribution in [0.3, 0.4) is 0 Å². The summed E-state index contributed by atoms with van der Waals surface area (Å²) in [5, 5.41) is 17.3. The molecule has 24 heavy (non-hydrogen) atoms. The van der Waals surface area contributed by atoms with Crippen molar-refractivity contribution in [2.75, 3.05) is 13.2 Å². The van der Waals surface area contributed by atoms with Crippen LogP contribution in [-0.4, -0.2) is 47.3 Å². The van der Waals surface area contributed by atoms with E-state index in [2.05, 4.69) is 0 Å². The van der Waals surface area contributed by atoms with Crippen LogP contribution in [0.2, 0.25) is 0 Å². The van der Waals surface area contributed by atoms with Crippen LogP contribution in [0.25, 0.3) is 0 Å². The van der Waals surface area contributed by atoms with Crippen LogP contribution in [0.4, 0.5) is 0 Å². The molecular weight excluding hydrogens is 328 g/mol. The van der Waals surface area contributed by atoms with Gasteiger partial charge in [0.05, 0.1) is 0 Å². The van der Waals surface area contributed by atoms with Gasteiger partial charge in [0.25, 0.3) is 0 Å². The topological polar surface area (TPSA) is 153 Å². The minimum absolute atomic E-state index is 0.309. The Morgan fingerprint density at radius 1 is 0.708 bits per heavy atom. The Morgan fingerprint density at radius 2 is 1.04 bits per heavy atom. The van der Waals surface area contributed by atoms with E-state index in [1.807, 2.05) is 0 Å². The van der Waals surface area contributed by atoms with Gasteiger partial charge in [-0.15, -0.1) is 0 Å². The first-order valence-electron chi connectivity index (χ1n) is 6.39. The van der Waals surface area contributed by atoms with Gasteiger partial charge in [0.2, 0.25) is 23.0 Å². The Hall–Kier alpha value is -3.56. The van der Waals surface area contributed by atoms with Crippen LogP contribution in [0.15, 0.2) is 33.1 Å². The van der Waals surface area contributed by atoms with Gasteiger partial charge in [-0.05, 0) is 24.3 Å². The fraction of sp³-hybridized carbons (Fsp3) is 0.143. The van der Waals surface area contributed by atoms with E-state index < -0.39 is 35.4 Å². The molecule has 0 aliphatic heterocycles. The third-order valence-corrected chi connectivity index (χ3v) is 2.59. The van der Waals surface area contributed by atoms with Crippen molar-refractivity contribution in [1.29, 1.82) is 0 Å². The second-order valence-corrected chi connectivity index (χ2v) is 4.21. The standard InChI is InChI=1S/C14H10O10/c15-11(16)7-1-3-9(23-7)13(19)21-5-6-22-14(20)10-4-2-8(24-10)12(17)18/h1-4H,5-6H2,(H,15,16)(H,17,18). The van der Waals surface area contributed by atoms with Crippen molar-refractivity contribution in [1.82, 2.24) is 0 Å². The molecular formula is C14H10O10. The van der Waals surface area contributed by atoms with E-state index in [9.17, 15) is 19.2 Å². The van der Waals surface area contributed by atoms with Crippen LogP contribution in [0.1, 0.15) is 42.2 Å². The van der Waals surface area contributed by atoms with E-state index in [4.69, 9.17) is 28.5 Å². The van der Waals surface area contributed by atoms with Crippen LogP contribution in [0, 0.1) is 0 Å². The van der Waals surface area contributed by atoms with E-state index >= 15 is 0 Å². The average Bonchev–Trinajstić information content (AvgIpc) is 3.19. The fourth-order valence-corrected chi connectivity index (χ4v) is 1.54. The van der Waals surface area contributed by atoms with E-state index in [0.717, 1.165) is 24.3 Å². The molecule has 0 aliphatic carbocycles. The molecule has 2 rings (SSSR count). The summed E-state index contributed by atoms with van der Waals surface area (Å²) >= 11 is 0. The number of furan rings is 2. The van der Waals surface area contributed by atoms with E-state index in [-0.39, 0.29) is 24.7 Å². The Balaban J connectivity index is 1.77. The lowest BCUT2D eigenvalue weighted by Crippen LogP contribution is -2.13. The second-order valence-electron chi connectivity index (χ2n) is 4.21. The summed E-state index contributed by atoms with van der Waals surface area (Å²) in [5.74, 6) is -5.97. The first-order valence-corrected chi connectivity index (χ1v) is 6.39. The molecule has 10 nitrogen and oxygen atoms in total. The molecule has 0 saturated carbocycles. The van der Waals surface area contributed by atoms with E-state index in [1.165, 1.54) is 0 Å². The molecule has 2 aromatic rings. The molecule has 0 saturated heterocycles. The van der Waals surface area contributed by atoms with Gasteiger partial charge >= 0.3 is 23.9 Å². The smallest absolute Gasteiger partial charge is 0.374 e. The second kappa shape index (κ2) is 7.13. The highest BCUT2D eigenvalue weighted by atomic mass is 16.6. The highest BCUT2D eigenvalue weighted by Crippen LogP contribution is 2.10. The summed E-state index contributed by atoms with van der Waals surface area (Å²) in [6, 6.07) is 4.45. The molecule has 2 N–H and O–H groups in total. The molecule has 0 aromatic carbocycles. The third-order valence-electron chi connectivity index (χ3n) is 2.59. The first kappa shape index (κ1) is 16.8. The zero-order chi connectivity index (χ0) is 17.7. The van der Waals surface area contributed by atoms with Gasteiger partial charge in [-0.3, -0.25) is 0 Å². The van der Waals surface area contributed by atoms with Crippen molar-refractivity contribution in [2.45, 2.75) is 0 Å². The highest BCUT2D eigenvalue weighted by molar-refractivity contribution is 5.90. The summed E-state index contributed by atoms with van der Waals surface area (Å²) in [4.78, 5) is 44.3. The molecule has 0 fully saturated rings. The Morgan fingerprint density at radius 3 is 1.33 bits per heavy atom. The van der Waals surface area contributed by atoms with Crippen molar-refractivity contribution in [2.24, 2.45) is 0 Å². The van der Waals surface area contributed by atoms with Gasteiger partial charge in [-0.25, -0.2) is 19.2 Å². The van der Waals surface area contributed by atoms with Crippen LogP contribution < -0.4 is 0 Å². The molecule has 126 valence electrons. The fourth-order valence-electron chi connectivity index (χ4n) is 1.54. The van der Waals surface area contributed by atoms with Gasteiger partial charge < -0.3 is 28.5 Å². The van der Waals surface area contributed by atoms with Gasteiger partial charge in [-0.1, -0.05) is 0 Å². The zero-order valence-electron chi connectivity index (χ0n) is 11.9. The van der Waals surface area contributed by atoms with Crippen LogP contribution in [-0.2, 0) is 9.47 Å². The number of ether oxygens (including phenoxy) is 2. The predicted molar refractivity (Wildman–Crippen MR) is 71.9 cm³/mol. The number of carboxylic acid groups (broad SMARTS) is 2. The molecule has 0 radical (unpaired) electrons. The lowest BCUT2D eigenvalue weighted by molar-refractivity contribution is 0.0226. The third kappa shape index (κ3) is 4.00. The van der Waals surface area contributed by atoms with Gasteiger partial charge in [0.1, 0.15) is 13.2 Å². The van der Waals surface area contributed by atoms with Crippen molar-refractivity contribution in [3.8, 4) is 0 Å². The minimum atomic E-state index is -1.33. The van der Waals surface area contributed by atoms with Crippen molar-refractivity contribution in [3.63, 3.8) is 0 Å². The van der Waals surface area contributed by atoms with Crippen molar-refractivity contribution < 1.29 is 47.7 Å². The molecule has 2 aromatic heterocycles. The summed E-state index contributed by atoms with van der Waals surface area (Å²) < 4.78 is 18.9. The van der Waals surface area contributed by atoms with E-state index in [0.29, 0.717) is 0 Å². The van der Waals surface area contributed by atoms with Crippen LogP contribution >= 0.6 is 0 Å². The quantitative estimate of drug-likeness (QED) is 0.557. The molecule has 10 heteroatoms. The lowest BCUT2D eigenvalue weighted by atomic mass is 10.4. The number of aromatic carboxylic acids is 2. The Labute approximate surface area is 133 Å². The number of hydrogen-bond donors (Lipinski definition) is 2. The summed E-state index contributed by atoms with van der Waals surface area (Å²) in [5.41, 5.74) is 0. The monoisotopic (exact) mass is 338 g/mol. The summed E-state index contributed by atoms with van der Waals surface area (Å²) in [7, 11) is 0. The van der Waals surface area contributed by atoms with Gasteiger partial charge in [-0.2, -0.15) is 0 Å². The minimum Gasteiger partial charge on any atom is -0.475 e. The molecule has 0 unspecified atom stereocenters. The average molecular weight is 338 g/mol. The zero-order valence-corrected chi connectivity index (χ0v) is 11.9. The molecule has 2 heterocycles. The number of carboxylic acids is 2. The SMILES string of the molecule is O=C(O)c1ccc(C(=O)OCCOC(=O)c2ccc(C(=O)O)o2)o1. The maximum atomic E-state index is 11.5. The maximum absolute atomic E-state index is 11.5. The van der Waals surface area contributed by atoms with Gasteiger partial charge in [0, 0.05) is 0 Å². The van der Waals surface area contributed by atoms with Gasteiger partial charge in [0.15, 0.2) is 0 Å². The number of esters is 2. The van der Waals surface area contributed by atoms with Crippen molar-refractivity contribution in [3.05, 3.63) is 47.3 Å². The Kier molecular flexibility index (Phi) is 5.00. The largest absolute Gasteiger partial charge is 0.475 e. The molecule has 0 aliphatic rings. The van der Waals surface area contributed by atoms with Crippen molar-refractivity contribution >= 4 is 23.9 Å². The molecule has 0 spiro atoms. The highest BCUT2D eigenvalue weighted by Gasteiger charge is 2.18. The lowest BCUT2D eigenvalue weighted by Gasteiger charge is -2.04. The van der Waals surface area contributed by atoms with E-state index in [1.54, 1.807) is 0 Å². The molecule has 0 amide bonds. The molecule has 0 bridgehead atoms. The predicted octanol–water partition coefficient (Wildman–Crippen LogP) is 1.28. The number of carbonyl (C=O) groups excluding carboxylic acids is 2. The summed E-state index contributed by atoms with van der Waals surface area (Å²) in [6.45, 7) is -0.639. The first-order chi connectivity index (χ1) is 11.4.